The predicted molar refractivity (Wildman–Crippen MR) is 15.1 cm³/mol. The van der Waals surface area contributed by atoms with Gasteiger partial charge in [0.2, 0.25) is 0 Å². The third-order valence-electron chi connectivity index (χ3n) is 0. The Kier molecular flexibility index (Phi) is 8.31. The Bertz CT molecular complexity index is 11.6. The first-order chi connectivity index (χ1) is 1.73. The minimum atomic E-state index is -0.417. The van der Waals surface area contributed by atoms with Crippen molar-refractivity contribution in [3.63, 3.8) is 0 Å². The summed E-state index contributed by atoms with van der Waals surface area (Å²) in [6, 6.07) is 0. The van der Waals surface area contributed by atoms with Crippen LogP contribution in [0, 0.1) is 0 Å². The van der Waals surface area contributed by atoms with Crippen molar-refractivity contribution in [1.82, 2.24) is 0 Å². The van der Waals surface area contributed by atoms with E-state index >= 15 is 0 Å². The molecule has 0 aromatic carbocycles. The molecule has 0 aliphatic rings. The molecule has 0 bridgehead atoms. The van der Waals surface area contributed by atoms with E-state index in [1.165, 1.54) is 0 Å². The van der Waals surface area contributed by atoms with Gasteiger partial charge in [0.05, 0.1) is 0 Å². The SMILES string of the molecule is CC(C)[O-].[Li+]. The fourth-order valence-corrected chi connectivity index (χ4v) is 0. The summed E-state index contributed by atoms with van der Waals surface area (Å²) in [7, 11) is 0. The predicted octanol–water partition coefficient (Wildman–Crippen LogP) is -3.24. The van der Waals surface area contributed by atoms with Gasteiger partial charge in [-0.2, -0.15) is 0 Å². The third-order valence-corrected chi connectivity index (χ3v) is 0. The topological polar surface area (TPSA) is 23.1 Å². The molecule has 0 aromatic heterocycles. The van der Waals surface area contributed by atoms with E-state index in [4.69, 9.17) is 0 Å². The van der Waals surface area contributed by atoms with E-state index in [0.29, 0.717) is 0 Å². The zero-order chi connectivity index (χ0) is 3.58. The molecule has 0 amide bonds. The molecule has 0 spiro atoms. The van der Waals surface area contributed by atoms with Crippen molar-refractivity contribution in [3.8, 4) is 0 Å². The summed E-state index contributed by atoms with van der Waals surface area (Å²) in [6.45, 7) is 3.22. The average Bonchev–Trinajstić information content (AvgIpc) is 0.811. The Labute approximate surface area is 44.6 Å². The molecule has 0 unspecified atom stereocenters. The maximum absolute atomic E-state index is 9.53. The van der Waals surface area contributed by atoms with Crippen molar-refractivity contribution >= 4 is 0 Å². The van der Waals surface area contributed by atoms with E-state index < -0.39 is 6.10 Å². The molecule has 2 heteroatoms. The Hall–Kier alpha value is 0.557. The fourth-order valence-electron chi connectivity index (χ4n) is 0. The molecular formula is C3H7LiO. The number of hydrogen-bond acceptors (Lipinski definition) is 1. The normalized spacial score (nSPS) is 7.20. The van der Waals surface area contributed by atoms with Crippen LogP contribution in [0.25, 0.3) is 0 Å². The quantitative estimate of drug-likeness (QED) is 0.272. The van der Waals surface area contributed by atoms with Crippen molar-refractivity contribution in [2.24, 2.45) is 0 Å². The van der Waals surface area contributed by atoms with Gasteiger partial charge >= 0.3 is 18.9 Å². The van der Waals surface area contributed by atoms with Crippen molar-refractivity contribution in [1.29, 1.82) is 0 Å². The van der Waals surface area contributed by atoms with Crippen LogP contribution < -0.4 is 24.0 Å². The summed E-state index contributed by atoms with van der Waals surface area (Å²) in [5.74, 6) is 0. The van der Waals surface area contributed by atoms with Crippen LogP contribution >= 0.6 is 0 Å². The van der Waals surface area contributed by atoms with Crippen molar-refractivity contribution in [2.75, 3.05) is 0 Å². The molecule has 0 aliphatic carbocycles. The smallest absolute Gasteiger partial charge is 0.852 e. The van der Waals surface area contributed by atoms with Gasteiger partial charge in [-0.3, -0.25) is 0 Å². The Morgan fingerprint density at radius 2 is 1.40 bits per heavy atom. The maximum Gasteiger partial charge on any atom is 1.00 e. The summed E-state index contributed by atoms with van der Waals surface area (Å²) < 4.78 is 0. The van der Waals surface area contributed by atoms with Crippen LogP contribution in [-0.2, 0) is 0 Å². The van der Waals surface area contributed by atoms with E-state index in [-0.39, 0.29) is 18.9 Å². The molecule has 0 saturated carbocycles. The largest absolute Gasteiger partial charge is 1.00 e. The molecule has 0 N–H and O–H groups in total. The number of rotatable bonds is 0. The second-order valence-electron chi connectivity index (χ2n) is 1.05. The van der Waals surface area contributed by atoms with Gasteiger partial charge in [-0.1, -0.05) is 13.8 Å². The first-order valence-corrected chi connectivity index (χ1v) is 1.39. The van der Waals surface area contributed by atoms with Crippen LogP contribution in [0.4, 0.5) is 0 Å². The van der Waals surface area contributed by atoms with Gasteiger partial charge in [-0.25, -0.2) is 0 Å². The van der Waals surface area contributed by atoms with Crippen molar-refractivity contribution in [2.45, 2.75) is 20.0 Å². The Morgan fingerprint density at radius 1 is 1.40 bits per heavy atom. The van der Waals surface area contributed by atoms with Crippen LogP contribution in [-0.4, -0.2) is 6.10 Å². The monoisotopic (exact) mass is 66.1 g/mol. The maximum atomic E-state index is 9.53. The second-order valence-corrected chi connectivity index (χ2v) is 1.05. The van der Waals surface area contributed by atoms with Crippen molar-refractivity contribution in [3.05, 3.63) is 0 Å². The first kappa shape index (κ1) is 9.12. The van der Waals surface area contributed by atoms with E-state index in [2.05, 4.69) is 0 Å². The molecule has 1 nitrogen and oxygen atoms in total. The minimum absolute atomic E-state index is 0. The van der Waals surface area contributed by atoms with Gasteiger partial charge in [0.25, 0.3) is 0 Å². The second kappa shape index (κ2) is 4.56. The average molecular weight is 66.0 g/mol. The van der Waals surface area contributed by atoms with E-state index in [1.54, 1.807) is 13.8 Å². The minimum Gasteiger partial charge on any atom is -0.852 e. The van der Waals surface area contributed by atoms with Crippen LogP contribution in [0.5, 0.6) is 0 Å². The molecule has 0 atom stereocenters. The van der Waals surface area contributed by atoms with E-state index in [0.717, 1.165) is 0 Å². The van der Waals surface area contributed by atoms with Gasteiger partial charge in [-0.15, -0.1) is 6.10 Å². The summed E-state index contributed by atoms with van der Waals surface area (Å²) >= 11 is 0. The fraction of sp³-hybridized carbons (Fsp3) is 1.00. The van der Waals surface area contributed by atoms with Gasteiger partial charge in [0.15, 0.2) is 0 Å². The van der Waals surface area contributed by atoms with Crippen molar-refractivity contribution < 1.29 is 24.0 Å². The molecule has 0 heterocycles. The van der Waals surface area contributed by atoms with Gasteiger partial charge in [-0.05, 0) is 0 Å². The summed E-state index contributed by atoms with van der Waals surface area (Å²) in [6.07, 6.45) is -0.417. The standard InChI is InChI=1S/C3H7O.Li/c1-3(2)4;/h3H,1-2H3;/q-1;+1. The summed E-state index contributed by atoms with van der Waals surface area (Å²) in [5, 5.41) is 9.53. The molecule has 0 rings (SSSR count). The van der Waals surface area contributed by atoms with Gasteiger partial charge in [0, 0.05) is 0 Å². The molecule has 0 aliphatic heterocycles. The zero-order valence-corrected chi connectivity index (χ0v) is 3.99. The molecule has 0 aromatic rings. The Balaban J connectivity index is 0. The van der Waals surface area contributed by atoms with Gasteiger partial charge < -0.3 is 5.11 Å². The molecular weight excluding hydrogens is 59.0 g/mol. The zero-order valence-electron chi connectivity index (χ0n) is 3.99. The van der Waals surface area contributed by atoms with Crippen LogP contribution in [0.3, 0.4) is 0 Å². The molecule has 0 fully saturated rings. The molecule has 0 radical (unpaired) electrons. The Morgan fingerprint density at radius 3 is 1.40 bits per heavy atom. The summed E-state index contributed by atoms with van der Waals surface area (Å²) in [5.41, 5.74) is 0. The first-order valence-electron chi connectivity index (χ1n) is 1.39. The molecule has 0 saturated heterocycles. The molecule has 26 valence electrons. The third kappa shape index (κ3) is 95.9. The van der Waals surface area contributed by atoms with Crippen LogP contribution in [0.15, 0.2) is 0 Å². The van der Waals surface area contributed by atoms with Crippen LogP contribution in [0.1, 0.15) is 13.8 Å². The number of hydrogen-bond donors (Lipinski definition) is 0. The van der Waals surface area contributed by atoms with Crippen LogP contribution in [0.2, 0.25) is 0 Å². The summed E-state index contributed by atoms with van der Waals surface area (Å²) in [4.78, 5) is 0. The van der Waals surface area contributed by atoms with Gasteiger partial charge in [0.1, 0.15) is 0 Å². The molecule has 5 heavy (non-hydrogen) atoms. The van der Waals surface area contributed by atoms with E-state index in [9.17, 15) is 5.11 Å². The van der Waals surface area contributed by atoms with E-state index in [1.807, 2.05) is 0 Å².